The van der Waals surface area contributed by atoms with Gasteiger partial charge in [-0.25, -0.2) is 9.97 Å². The number of carbonyl (C=O) groups excluding carboxylic acids is 1. The molecule has 3 aliphatic heterocycles. The lowest BCUT2D eigenvalue weighted by molar-refractivity contribution is -0.125. The third-order valence-electron chi connectivity index (χ3n) is 7.35. The Balaban J connectivity index is 1.47. The van der Waals surface area contributed by atoms with Crippen molar-refractivity contribution in [1.29, 1.82) is 0 Å². The van der Waals surface area contributed by atoms with Crippen LogP contribution in [0.4, 0.5) is 5.69 Å². The van der Waals surface area contributed by atoms with E-state index in [0.29, 0.717) is 19.0 Å². The van der Waals surface area contributed by atoms with E-state index >= 15 is 0 Å². The molecule has 0 saturated carbocycles. The number of aromatic nitrogens is 2. The minimum Gasteiger partial charge on any atom is -0.383 e. The molecule has 0 aliphatic carbocycles. The van der Waals surface area contributed by atoms with E-state index in [1.165, 1.54) is 16.7 Å². The van der Waals surface area contributed by atoms with Crippen molar-refractivity contribution in [3.05, 3.63) is 77.2 Å². The van der Waals surface area contributed by atoms with Crippen molar-refractivity contribution in [2.45, 2.75) is 64.7 Å². The molecule has 6 rings (SSSR count). The van der Waals surface area contributed by atoms with Crippen LogP contribution < -0.4 is 10.6 Å². The molecule has 0 unspecified atom stereocenters. The number of amides is 1. The van der Waals surface area contributed by atoms with E-state index in [0.717, 1.165) is 68.2 Å². The minimum absolute atomic E-state index is 0.0645. The maximum absolute atomic E-state index is 13.1. The number of anilines is 1. The van der Waals surface area contributed by atoms with E-state index in [-0.39, 0.29) is 11.9 Å². The number of hydrogen-bond donors (Lipinski definition) is 2. The summed E-state index contributed by atoms with van der Waals surface area (Å²) in [4.78, 5) is 27.3. The van der Waals surface area contributed by atoms with Gasteiger partial charge in [-0.3, -0.25) is 9.69 Å². The van der Waals surface area contributed by atoms with Gasteiger partial charge in [0, 0.05) is 49.5 Å². The third-order valence-corrected chi connectivity index (χ3v) is 7.35. The van der Waals surface area contributed by atoms with Crippen LogP contribution in [0.3, 0.4) is 0 Å². The average Bonchev–Trinajstić information content (AvgIpc) is 3.34. The maximum atomic E-state index is 13.1. The summed E-state index contributed by atoms with van der Waals surface area (Å²) in [7, 11) is 2.14. The largest absolute Gasteiger partial charge is 0.383 e. The number of carbonyl (C=O) groups is 1. The number of nitrogens with one attached hydrogen (secondary N) is 2. The van der Waals surface area contributed by atoms with E-state index in [9.17, 15) is 4.79 Å². The Morgan fingerprint density at radius 2 is 1.79 bits per heavy atom. The van der Waals surface area contributed by atoms with Crippen molar-refractivity contribution in [2.75, 3.05) is 32.0 Å². The Bertz CT molecular complexity index is 1240. The lowest BCUT2D eigenvalue weighted by Gasteiger charge is -2.25. The number of benzene rings is 2. The summed E-state index contributed by atoms with van der Waals surface area (Å²) in [6.45, 7) is 8.53. The Morgan fingerprint density at radius 3 is 2.61 bits per heavy atom. The lowest BCUT2D eigenvalue weighted by atomic mass is 10.0. The van der Waals surface area contributed by atoms with Crippen molar-refractivity contribution in [3.8, 4) is 11.3 Å². The highest BCUT2D eigenvalue weighted by atomic mass is 16.2. The van der Waals surface area contributed by atoms with Gasteiger partial charge in [-0.2, -0.15) is 0 Å². The first-order valence-corrected chi connectivity index (χ1v) is 13.9. The average molecular weight is 513 g/mol. The van der Waals surface area contributed by atoms with Crippen molar-refractivity contribution in [3.63, 3.8) is 0 Å². The van der Waals surface area contributed by atoms with Gasteiger partial charge in [-0.05, 0) is 88.1 Å². The van der Waals surface area contributed by atoms with Gasteiger partial charge in [0.1, 0.15) is 5.82 Å². The molecule has 1 aromatic heterocycles. The third kappa shape index (κ3) is 6.77. The Morgan fingerprint density at radius 1 is 0.974 bits per heavy atom. The minimum atomic E-state index is -0.0645. The van der Waals surface area contributed by atoms with Crippen LogP contribution in [-0.2, 0) is 24.3 Å². The molecule has 1 fully saturated rings. The molecule has 4 heterocycles. The first-order chi connectivity index (χ1) is 18.4. The van der Waals surface area contributed by atoms with Crippen LogP contribution in [0, 0.1) is 0 Å². The summed E-state index contributed by atoms with van der Waals surface area (Å²) in [5.74, 6) is 0.969. The van der Waals surface area contributed by atoms with Gasteiger partial charge >= 0.3 is 0 Å². The van der Waals surface area contributed by atoms with Crippen LogP contribution in [-0.4, -0.2) is 64.4 Å². The predicted octanol–water partition coefficient (Wildman–Crippen LogP) is 4.47. The van der Waals surface area contributed by atoms with Gasteiger partial charge in [-0.1, -0.05) is 30.3 Å². The summed E-state index contributed by atoms with van der Waals surface area (Å²) in [5, 5.41) is 6.79. The van der Waals surface area contributed by atoms with Gasteiger partial charge in [0.2, 0.25) is 5.91 Å². The van der Waals surface area contributed by atoms with E-state index in [1.54, 1.807) is 0 Å². The van der Waals surface area contributed by atoms with Gasteiger partial charge in [0.05, 0.1) is 11.7 Å². The molecule has 3 aromatic rings. The molecule has 0 spiro atoms. The Hall–Kier alpha value is -3.29. The first kappa shape index (κ1) is 26.3. The zero-order valence-corrected chi connectivity index (χ0v) is 22.9. The molecule has 1 atom stereocenters. The summed E-state index contributed by atoms with van der Waals surface area (Å²) < 4.78 is 0. The second kappa shape index (κ2) is 12.0. The smallest absolute Gasteiger partial charge is 0.237 e. The fraction of sp³-hybridized carbons (Fsp3) is 0.452. The van der Waals surface area contributed by atoms with Crippen molar-refractivity contribution < 1.29 is 4.79 Å². The van der Waals surface area contributed by atoms with Gasteiger partial charge in [-0.15, -0.1) is 0 Å². The van der Waals surface area contributed by atoms with E-state index in [1.807, 2.05) is 12.3 Å². The normalized spacial score (nSPS) is 19.6. The van der Waals surface area contributed by atoms with Gasteiger partial charge < -0.3 is 15.5 Å². The van der Waals surface area contributed by atoms with Crippen LogP contribution in [0.5, 0.6) is 0 Å². The molecule has 2 N–H and O–H groups in total. The van der Waals surface area contributed by atoms with Crippen LogP contribution in [0.15, 0.2) is 54.7 Å². The quantitative estimate of drug-likeness (QED) is 0.528. The number of nitrogens with zero attached hydrogens (tertiary/aromatic N) is 4. The van der Waals surface area contributed by atoms with Crippen LogP contribution in [0.25, 0.3) is 11.3 Å². The molecular formula is C31H40N6O. The lowest BCUT2D eigenvalue weighted by Crippen LogP contribution is -2.43. The molecule has 38 heavy (non-hydrogen) atoms. The standard InChI is InChI=1S/C31H40N6O/c1-22(2)34-27-17-24-16-25(18-27)21-37-15-4-6-29(37)31(38)33-12-5-14-36(3)20-23-7-9-26(10-8-23)28-11-13-32-30(19-24)35-28/h7-11,13,16-18,22,29,34H,4-6,12,14-15,19-21H2,1-3H3,(H,33,38)/t29-/m1/s1. The molecule has 1 amide bonds. The highest BCUT2D eigenvalue weighted by Crippen LogP contribution is 2.25. The summed E-state index contributed by atoms with van der Waals surface area (Å²) in [5.41, 5.74) is 6.80. The van der Waals surface area contributed by atoms with E-state index in [2.05, 4.69) is 88.8 Å². The highest BCUT2D eigenvalue weighted by Gasteiger charge is 2.30. The Kier molecular flexibility index (Phi) is 8.35. The fourth-order valence-corrected chi connectivity index (χ4v) is 5.60. The second-order valence-corrected chi connectivity index (χ2v) is 11.1. The predicted molar refractivity (Wildman–Crippen MR) is 153 cm³/mol. The SMILES string of the molecule is CC(C)Nc1cc2cc(c1)CN1CCC[C@@H]1C(=O)NCCCN(C)Cc1ccc(cc1)-c1ccnc(n1)C2. The fourth-order valence-electron chi connectivity index (χ4n) is 5.60. The van der Waals surface area contributed by atoms with Gasteiger partial charge in [0.15, 0.2) is 0 Å². The number of rotatable bonds is 2. The highest BCUT2D eigenvalue weighted by molar-refractivity contribution is 5.82. The van der Waals surface area contributed by atoms with Crippen molar-refractivity contribution in [2.24, 2.45) is 0 Å². The molecule has 2 aromatic carbocycles. The molecule has 3 aliphatic rings. The second-order valence-electron chi connectivity index (χ2n) is 11.1. The molecule has 7 nitrogen and oxygen atoms in total. The summed E-state index contributed by atoms with van der Waals surface area (Å²) >= 11 is 0. The molecule has 1 saturated heterocycles. The molecule has 7 heteroatoms. The molecular weight excluding hydrogens is 472 g/mol. The zero-order chi connectivity index (χ0) is 26.5. The summed E-state index contributed by atoms with van der Waals surface area (Å²) in [6.07, 6.45) is 5.42. The molecule has 200 valence electrons. The van der Waals surface area contributed by atoms with Crippen LogP contribution in [0.1, 0.15) is 55.6 Å². The maximum Gasteiger partial charge on any atom is 0.237 e. The first-order valence-electron chi connectivity index (χ1n) is 13.9. The van der Waals surface area contributed by atoms with Crippen LogP contribution in [0.2, 0.25) is 0 Å². The zero-order valence-electron chi connectivity index (χ0n) is 22.9. The number of hydrogen-bond acceptors (Lipinski definition) is 6. The summed E-state index contributed by atoms with van der Waals surface area (Å²) in [6, 6.07) is 17.6. The molecule has 6 bridgehead atoms. The van der Waals surface area contributed by atoms with Crippen molar-refractivity contribution >= 4 is 11.6 Å². The molecule has 0 radical (unpaired) electrons. The number of fused-ring (bicyclic) bond motifs is 8. The van der Waals surface area contributed by atoms with E-state index < -0.39 is 0 Å². The van der Waals surface area contributed by atoms with Crippen LogP contribution >= 0.6 is 0 Å². The topological polar surface area (TPSA) is 73.4 Å². The van der Waals surface area contributed by atoms with Crippen molar-refractivity contribution in [1.82, 2.24) is 25.1 Å². The monoisotopic (exact) mass is 512 g/mol. The van der Waals surface area contributed by atoms with E-state index in [4.69, 9.17) is 4.98 Å². The Labute approximate surface area is 226 Å². The van der Waals surface area contributed by atoms with Gasteiger partial charge in [0.25, 0.3) is 0 Å².